The molecule has 0 aromatic heterocycles. The van der Waals surface area contributed by atoms with Crippen LogP contribution in [0.3, 0.4) is 0 Å². The predicted octanol–water partition coefficient (Wildman–Crippen LogP) is 0.299. The van der Waals surface area contributed by atoms with Gasteiger partial charge in [0.05, 0.1) is 0 Å². The highest BCUT2D eigenvalue weighted by Gasteiger charge is 2.02. The minimum Gasteiger partial charge on any atom is -0.368 e. The van der Waals surface area contributed by atoms with Crippen molar-refractivity contribution in [2.75, 3.05) is 13.7 Å². The monoisotopic (exact) mass is 165 g/mol. The maximum absolute atomic E-state index is 8.65. The van der Waals surface area contributed by atoms with E-state index < -0.39 is 6.29 Å². The van der Waals surface area contributed by atoms with Crippen molar-refractivity contribution in [2.24, 2.45) is 5.73 Å². The lowest BCUT2D eigenvalue weighted by molar-refractivity contribution is -0.211. The van der Waals surface area contributed by atoms with E-state index in [0.717, 1.165) is 0 Å². The van der Waals surface area contributed by atoms with Gasteiger partial charge in [-0.3, -0.25) is 0 Å². The molecule has 70 valence electrons. The second-order valence-corrected chi connectivity index (χ2v) is 1.76. The zero-order valence-electron chi connectivity index (χ0n) is 7.70. The van der Waals surface area contributed by atoms with E-state index in [2.05, 4.69) is 5.73 Å². The molecule has 0 aliphatic carbocycles. The van der Waals surface area contributed by atoms with Crippen LogP contribution in [0.5, 0.6) is 0 Å². The second-order valence-electron chi connectivity index (χ2n) is 1.76. The fourth-order valence-electron chi connectivity index (χ4n) is 0.551. The van der Waals surface area contributed by atoms with E-state index in [9.17, 15) is 0 Å². The molecule has 0 heterocycles. The van der Waals surface area contributed by atoms with Crippen LogP contribution in [-0.4, -0.2) is 31.3 Å². The number of hydrogen-bond donors (Lipinski definition) is 2. The first-order chi connectivity index (χ1) is 5.16. The van der Waals surface area contributed by atoms with Crippen LogP contribution < -0.4 is 5.73 Å². The summed E-state index contributed by atoms with van der Waals surface area (Å²) in [6.45, 7) is 5.78. The highest BCUT2D eigenvalue weighted by atomic mass is 16.7. The van der Waals surface area contributed by atoms with E-state index in [-0.39, 0.29) is 6.29 Å². The quantitative estimate of drug-likeness (QED) is 0.588. The molecule has 0 radical (unpaired) electrons. The third kappa shape index (κ3) is 12.9. The van der Waals surface area contributed by atoms with E-state index in [0.29, 0.717) is 6.61 Å². The molecular formula is C7H19NO3. The van der Waals surface area contributed by atoms with Crippen LogP contribution in [0.25, 0.3) is 0 Å². The van der Waals surface area contributed by atoms with Crippen molar-refractivity contribution in [2.45, 2.75) is 33.4 Å². The molecule has 0 bridgehead atoms. The molecule has 4 heteroatoms. The number of aliphatic hydroxyl groups is 1. The molecule has 0 aliphatic heterocycles. The van der Waals surface area contributed by atoms with Gasteiger partial charge in [0.15, 0.2) is 12.6 Å². The van der Waals surface area contributed by atoms with Gasteiger partial charge in [-0.25, -0.2) is 0 Å². The summed E-state index contributed by atoms with van der Waals surface area (Å²) < 4.78 is 9.79. The normalized spacial score (nSPS) is 14.7. The zero-order chi connectivity index (χ0) is 9.28. The summed E-state index contributed by atoms with van der Waals surface area (Å²) in [7, 11) is 1.50. The van der Waals surface area contributed by atoms with Gasteiger partial charge in [0.1, 0.15) is 0 Å². The number of aliphatic hydroxyl groups excluding tert-OH is 1. The minimum absolute atomic E-state index is 0.310. The molecule has 0 fully saturated rings. The number of nitrogens with two attached hydrogens (primary N) is 1. The molecule has 0 aromatic rings. The summed E-state index contributed by atoms with van der Waals surface area (Å²) in [4.78, 5) is 0. The van der Waals surface area contributed by atoms with E-state index in [1.165, 1.54) is 7.05 Å². The Kier molecular flexibility index (Phi) is 12.0. The second kappa shape index (κ2) is 9.84. The Labute approximate surface area is 68.3 Å². The van der Waals surface area contributed by atoms with E-state index in [1.54, 1.807) is 13.8 Å². The molecule has 0 aromatic carbocycles. The van der Waals surface area contributed by atoms with Crippen molar-refractivity contribution < 1.29 is 14.6 Å². The Balaban J connectivity index is 0. The summed E-state index contributed by atoms with van der Waals surface area (Å²) in [6.07, 6.45) is -1.05. The van der Waals surface area contributed by atoms with Gasteiger partial charge < -0.3 is 20.3 Å². The Bertz CT molecular complexity index is 68.7. The van der Waals surface area contributed by atoms with Crippen LogP contribution in [-0.2, 0) is 9.47 Å². The molecule has 0 aliphatic rings. The van der Waals surface area contributed by atoms with Gasteiger partial charge in [0.25, 0.3) is 0 Å². The molecule has 0 saturated heterocycles. The maximum atomic E-state index is 8.65. The largest absolute Gasteiger partial charge is 0.368 e. The van der Waals surface area contributed by atoms with Crippen molar-refractivity contribution in [1.82, 2.24) is 0 Å². The van der Waals surface area contributed by atoms with Crippen molar-refractivity contribution in [3.63, 3.8) is 0 Å². The van der Waals surface area contributed by atoms with Crippen LogP contribution in [0.1, 0.15) is 20.8 Å². The van der Waals surface area contributed by atoms with Crippen LogP contribution in [0, 0.1) is 0 Å². The molecule has 2 atom stereocenters. The zero-order valence-corrected chi connectivity index (χ0v) is 7.70. The lowest BCUT2D eigenvalue weighted by atomic mass is 10.7. The first kappa shape index (κ1) is 13.4. The highest BCUT2D eigenvalue weighted by molar-refractivity contribution is 4.30. The summed E-state index contributed by atoms with van der Waals surface area (Å²) >= 11 is 0. The average molecular weight is 165 g/mol. The fraction of sp³-hybridized carbons (Fsp3) is 1.00. The third-order valence-electron chi connectivity index (χ3n) is 0.790. The summed E-state index contributed by atoms with van der Waals surface area (Å²) in [5, 5.41) is 8.65. The summed E-state index contributed by atoms with van der Waals surface area (Å²) in [5.74, 6) is 0. The third-order valence-corrected chi connectivity index (χ3v) is 0.790. The van der Waals surface area contributed by atoms with Gasteiger partial charge in [0, 0.05) is 6.61 Å². The van der Waals surface area contributed by atoms with Gasteiger partial charge in [-0.1, -0.05) is 0 Å². The lowest BCUT2D eigenvalue weighted by Crippen LogP contribution is -2.19. The molecule has 0 saturated carbocycles. The molecule has 0 rings (SSSR count). The van der Waals surface area contributed by atoms with Crippen molar-refractivity contribution in [3.05, 3.63) is 0 Å². The number of hydrogen-bond acceptors (Lipinski definition) is 4. The smallest absolute Gasteiger partial charge is 0.157 e. The van der Waals surface area contributed by atoms with Gasteiger partial charge in [-0.15, -0.1) is 0 Å². The predicted molar refractivity (Wildman–Crippen MR) is 44.0 cm³/mol. The van der Waals surface area contributed by atoms with E-state index >= 15 is 0 Å². The Morgan fingerprint density at radius 1 is 1.36 bits per heavy atom. The standard InChI is InChI=1S/C6H14O3.CH5N/c1-4-8-6(3)9-5(2)7;1-2/h5-7H,4H2,1-3H3;2H2,1H3. The summed E-state index contributed by atoms with van der Waals surface area (Å²) in [5.41, 5.74) is 4.50. The Morgan fingerprint density at radius 2 is 1.82 bits per heavy atom. The van der Waals surface area contributed by atoms with Crippen molar-refractivity contribution in [1.29, 1.82) is 0 Å². The molecular weight excluding hydrogens is 146 g/mol. The molecule has 3 N–H and O–H groups in total. The van der Waals surface area contributed by atoms with Crippen LogP contribution in [0.4, 0.5) is 0 Å². The van der Waals surface area contributed by atoms with Gasteiger partial charge in [-0.2, -0.15) is 0 Å². The van der Waals surface area contributed by atoms with E-state index in [1.807, 2.05) is 6.92 Å². The average Bonchev–Trinajstić information content (AvgIpc) is 1.91. The molecule has 11 heavy (non-hydrogen) atoms. The number of ether oxygens (including phenoxy) is 2. The van der Waals surface area contributed by atoms with Gasteiger partial charge >= 0.3 is 0 Å². The maximum Gasteiger partial charge on any atom is 0.157 e. The minimum atomic E-state index is -0.744. The molecule has 4 nitrogen and oxygen atoms in total. The Hall–Kier alpha value is -0.160. The van der Waals surface area contributed by atoms with Crippen LogP contribution in [0.2, 0.25) is 0 Å². The first-order valence-corrected chi connectivity index (χ1v) is 3.69. The number of rotatable bonds is 4. The Morgan fingerprint density at radius 3 is 2.09 bits per heavy atom. The highest BCUT2D eigenvalue weighted by Crippen LogP contribution is 1.95. The van der Waals surface area contributed by atoms with Crippen molar-refractivity contribution >= 4 is 0 Å². The molecule has 0 spiro atoms. The lowest BCUT2D eigenvalue weighted by Gasteiger charge is -2.13. The molecule has 0 amide bonds. The van der Waals surface area contributed by atoms with E-state index in [4.69, 9.17) is 14.6 Å². The van der Waals surface area contributed by atoms with Gasteiger partial charge in [-0.05, 0) is 27.8 Å². The van der Waals surface area contributed by atoms with Crippen LogP contribution >= 0.6 is 0 Å². The fourth-order valence-corrected chi connectivity index (χ4v) is 0.551. The first-order valence-electron chi connectivity index (χ1n) is 3.69. The topological polar surface area (TPSA) is 64.7 Å². The molecule has 2 unspecified atom stereocenters. The van der Waals surface area contributed by atoms with Crippen molar-refractivity contribution in [3.8, 4) is 0 Å². The SMILES string of the molecule is CCOC(C)OC(C)O.CN. The van der Waals surface area contributed by atoms with Gasteiger partial charge in [0.2, 0.25) is 0 Å². The van der Waals surface area contributed by atoms with Crippen LogP contribution in [0.15, 0.2) is 0 Å². The summed E-state index contributed by atoms with van der Waals surface area (Å²) in [6, 6.07) is 0.